The minimum atomic E-state index is 0.771. The first kappa shape index (κ1) is 16.6. The van der Waals surface area contributed by atoms with Gasteiger partial charge in [0, 0.05) is 30.3 Å². The lowest BCUT2D eigenvalue weighted by Gasteiger charge is -2.25. The molecule has 1 aliphatic heterocycles. The number of ether oxygens (including phenoxy) is 1. The van der Waals surface area contributed by atoms with Crippen LogP contribution in [0.15, 0.2) is 41.3 Å². The van der Waals surface area contributed by atoms with Crippen molar-refractivity contribution in [2.24, 2.45) is 0 Å². The van der Waals surface area contributed by atoms with E-state index in [4.69, 9.17) is 10.5 Å². The number of rotatable bonds is 4. The van der Waals surface area contributed by atoms with Gasteiger partial charge in [0.2, 0.25) is 0 Å². The Kier molecular flexibility index (Phi) is 5.41. The molecule has 0 bridgehead atoms. The standard InChI is InChI=1S/C18H22N2OS2/c1-13-3-4-14(2)17(11-13)21-16-6-5-15(19)12-18(16)23-20-7-9-22-10-8-20/h3-6,11-12H,7-10,19H2,1-2H3. The van der Waals surface area contributed by atoms with Crippen LogP contribution in [0.3, 0.4) is 0 Å². The first-order valence-electron chi connectivity index (χ1n) is 7.77. The van der Waals surface area contributed by atoms with E-state index < -0.39 is 0 Å². The Balaban J connectivity index is 1.84. The summed E-state index contributed by atoms with van der Waals surface area (Å²) in [6.07, 6.45) is 0. The molecule has 1 aliphatic rings. The fourth-order valence-corrected chi connectivity index (χ4v) is 4.56. The quantitative estimate of drug-likeness (QED) is 0.640. The van der Waals surface area contributed by atoms with Gasteiger partial charge in [-0.1, -0.05) is 12.1 Å². The van der Waals surface area contributed by atoms with E-state index in [-0.39, 0.29) is 0 Å². The highest BCUT2D eigenvalue weighted by molar-refractivity contribution is 8.00. The lowest BCUT2D eigenvalue weighted by Crippen LogP contribution is -2.26. The maximum Gasteiger partial charge on any atom is 0.142 e. The molecule has 3 rings (SSSR count). The molecular formula is C18H22N2OS2. The molecule has 1 fully saturated rings. The minimum Gasteiger partial charge on any atom is -0.456 e. The molecule has 3 nitrogen and oxygen atoms in total. The van der Waals surface area contributed by atoms with Gasteiger partial charge in [-0.3, -0.25) is 0 Å². The number of thioether (sulfide) groups is 1. The summed E-state index contributed by atoms with van der Waals surface area (Å²) in [6, 6.07) is 12.2. The summed E-state index contributed by atoms with van der Waals surface area (Å²) in [5.41, 5.74) is 9.09. The predicted octanol–water partition coefficient (Wildman–Crippen LogP) is 4.73. The van der Waals surface area contributed by atoms with E-state index in [1.807, 2.05) is 30.0 Å². The molecule has 0 amide bonds. The minimum absolute atomic E-state index is 0.771. The van der Waals surface area contributed by atoms with Crippen molar-refractivity contribution in [2.45, 2.75) is 18.7 Å². The number of hydrogen-bond acceptors (Lipinski definition) is 5. The zero-order valence-corrected chi connectivity index (χ0v) is 15.2. The molecule has 0 aliphatic carbocycles. The molecule has 2 aromatic carbocycles. The van der Waals surface area contributed by atoms with Crippen molar-refractivity contribution in [3.63, 3.8) is 0 Å². The fourth-order valence-electron chi connectivity index (χ4n) is 2.39. The maximum absolute atomic E-state index is 6.21. The van der Waals surface area contributed by atoms with Crippen LogP contribution in [0.5, 0.6) is 11.5 Å². The SMILES string of the molecule is Cc1ccc(C)c(Oc2ccc(N)cc2SN2CCSCC2)c1. The molecule has 23 heavy (non-hydrogen) atoms. The third-order valence-corrected chi connectivity index (χ3v) is 5.81. The molecule has 2 N–H and O–H groups in total. The first-order chi connectivity index (χ1) is 11.1. The van der Waals surface area contributed by atoms with Crippen molar-refractivity contribution in [1.29, 1.82) is 0 Å². The van der Waals surface area contributed by atoms with Crippen LogP contribution in [-0.2, 0) is 0 Å². The zero-order valence-electron chi connectivity index (χ0n) is 13.5. The molecule has 0 unspecified atom stereocenters. The van der Waals surface area contributed by atoms with Crippen LogP contribution in [0.1, 0.15) is 11.1 Å². The Hall–Kier alpha value is -1.30. The van der Waals surface area contributed by atoms with Crippen molar-refractivity contribution in [1.82, 2.24) is 4.31 Å². The molecule has 0 aromatic heterocycles. The number of hydrogen-bond donors (Lipinski definition) is 1. The smallest absolute Gasteiger partial charge is 0.142 e. The summed E-state index contributed by atoms with van der Waals surface area (Å²) in [5, 5.41) is 0. The van der Waals surface area contributed by atoms with Crippen molar-refractivity contribution >= 4 is 29.4 Å². The number of benzene rings is 2. The van der Waals surface area contributed by atoms with Gasteiger partial charge >= 0.3 is 0 Å². The second-order valence-electron chi connectivity index (χ2n) is 5.71. The van der Waals surface area contributed by atoms with E-state index in [0.29, 0.717) is 0 Å². The molecule has 0 saturated carbocycles. The van der Waals surface area contributed by atoms with E-state index in [9.17, 15) is 0 Å². The van der Waals surface area contributed by atoms with Gasteiger partial charge in [0.15, 0.2) is 0 Å². The van der Waals surface area contributed by atoms with Gasteiger partial charge in [-0.05, 0) is 61.2 Å². The van der Waals surface area contributed by atoms with E-state index in [2.05, 4.69) is 36.4 Å². The average molecular weight is 347 g/mol. The summed E-state index contributed by atoms with van der Waals surface area (Å²) in [6.45, 7) is 6.33. The largest absolute Gasteiger partial charge is 0.456 e. The first-order valence-corrected chi connectivity index (χ1v) is 9.70. The van der Waals surface area contributed by atoms with Gasteiger partial charge in [-0.25, -0.2) is 4.31 Å². The molecule has 0 spiro atoms. The molecule has 1 heterocycles. The van der Waals surface area contributed by atoms with E-state index in [0.717, 1.165) is 40.7 Å². The summed E-state index contributed by atoms with van der Waals surface area (Å²) < 4.78 is 8.60. The Morgan fingerprint density at radius 2 is 1.83 bits per heavy atom. The summed E-state index contributed by atoms with van der Waals surface area (Å²) >= 11 is 3.76. The Morgan fingerprint density at radius 1 is 1.04 bits per heavy atom. The van der Waals surface area contributed by atoms with E-state index in [1.165, 1.54) is 17.1 Å². The summed E-state index contributed by atoms with van der Waals surface area (Å²) in [7, 11) is 0. The van der Waals surface area contributed by atoms with Crippen LogP contribution >= 0.6 is 23.7 Å². The fraction of sp³-hybridized carbons (Fsp3) is 0.333. The highest BCUT2D eigenvalue weighted by Crippen LogP contribution is 2.37. The zero-order chi connectivity index (χ0) is 16.2. The molecule has 2 aromatic rings. The summed E-state index contributed by atoms with van der Waals surface area (Å²) in [4.78, 5) is 1.08. The summed E-state index contributed by atoms with van der Waals surface area (Å²) in [5.74, 6) is 4.15. The van der Waals surface area contributed by atoms with Crippen molar-refractivity contribution < 1.29 is 4.74 Å². The van der Waals surface area contributed by atoms with Crippen LogP contribution in [0, 0.1) is 13.8 Å². The number of nitrogens with two attached hydrogens (primary N) is 1. The average Bonchev–Trinajstić information content (AvgIpc) is 2.54. The second-order valence-corrected chi connectivity index (χ2v) is 8.07. The second kappa shape index (κ2) is 7.51. The van der Waals surface area contributed by atoms with Crippen molar-refractivity contribution in [2.75, 3.05) is 30.3 Å². The monoisotopic (exact) mass is 346 g/mol. The molecule has 5 heteroatoms. The molecular weight excluding hydrogens is 324 g/mol. The molecule has 122 valence electrons. The normalized spacial score (nSPS) is 15.6. The van der Waals surface area contributed by atoms with Crippen LogP contribution in [0.2, 0.25) is 0 Å². The Labute approximate surface area is 146 Å². The van der Waals surface area contributed by atoms with Gasteiger partial charge in [-0.15, -0.1) is 0 Å². The van der Waals surface area contributed by atoms with Crippen LogP contribution < -0.4 is 10.5 Å². The van der Waals surface area contributed by atoms with Gasteiger partial charge in [0.05, 0.1) is 4.90 Å². The Bertz CT molecular complexity index is 685. The highest BCUT2D eigenvalue weighted by Gasteiger charge is 2.16. The third-order valence-electron chi connectivity index (χ3n) is 3.73. The van der Waals surface area contributed by atoms with Gasteiger partial charge in [0.1, 0.15) is 11.5 Å². The lowest BCUT2D eigenvalue weighted by atomic mass is 10.1. The number of nitrogen functional groups attached to an aromatic ring is 1. The number of anilines is 1. The van der Waals surface area contributed by atoms with Crippen LogP contribution in [0.25, 0.3) is 0 Å². The topological polar surface area (TPSA) is 38.5 Å². The van der Waals surface area contributed by atoms with Crippen molar-refractivity contribution in [3.8, 4) is 11.5 Å². The molecule has 0 atom stereocenters. The van der Waals surface area contributed by atoms with Gasteiger partial charge < -0.3 is 10.5 Å². The highest BCUT2D eigenvalue weighted by atomic mass is 32.2. The molecule has 0 radical (unpaired) electrons. The number of aryl methyl sites for hydroxylation is 2. The van der Waals surface area contributed by atoms with Gasteiger partial charge in [-0.2, -0.15) is 11.8 Å². The maximum atomic E-state index is 6.21. The van der Waals surface area contributed by atoms with Crippen LogP contribution in [0.4, 0.5) is 5.69 Å². The van der Waals surface area contributed by atoms with Gasteiger partial charge in [0.25, 0.3) is 0 Å². The predicted molar refractivity (Wildman–Crippen MR) is 102 cm³/mol. The van der Waals surface area contributed by atoms with Crippen molar-refractivity contribution in [3.05, 3.63) is 47.5 Å². The van der Waals surface area contributed by atoms with E-state index >= 15 is 0 Å². The lowest BCUT2D eigenvalue weighted by molar-refractivity contribution is 0.464. The third kappa shape index (κ3) is 4.37. The van der Waals surface area contributed by atoms with E-state index in [1.54, 1.807) is 11.9 Å². The van der Waals surface area contributed by atoms with Crippen LogP contribution in [-0.4, -0.2) is 28.9 Å². The number of nitrogens with zero attached hydrogens (tertiary/aromatic N) is 1. The molecule has 1 saturated heterocycles. The Morgan fingerprint density at radius 3 is 2.61 bits per heavy atom.